The number of carbonyl (C=O) groups excluding carboxylic acids is 1. The van der Waals surface area contributed by atoms with Crippen LogP contribution in [0.4, 0.5) is 0 Å². The highest BCUT2D eigenvalue weighted by atomic mass is 32.1. The molecule has 1 aliphatic rings. The first-order chi connectivity index (χ1) is 14.6. The largest absolute Gasteiger partial charge is 0.493 e. The summed E-state index contributed by atoms with van der Waals surface area (Å²) in [5, 5.41) is 0. The predicted molar refractivity (Wildman–Crippen MR) is 112 cm³/mol. The third kappa shape index (κ3) is 3.99. The summed E-state index contributed by atoms with van der Waals surface area (Å²) in [6.45, 7) is 1.25. The summed E-state index contributed by atoms with van der Waals surface area (Å²) in [6.07, 6.45) is 0.168. The Hall–Kier alpha value is -3.04. The summed E-state index contributed by atoms with van der Waals surface area (Å²) < 4.78 is 29.7. The van der Waals surface area contributed by atoms with Crippen LogP contribution in [0.2, 0.25) is 0 Å². The molecule has 3 aromatic rings. The minimum Gasteiger partial charge on any atom is -0.493 e. The van der Waals surface area contributed by atoms with E-state index in [1.54, 1.807) is 21.3 Å². The lowest BCUT2D eigenvalue weighted by Gasteiger charge is -2.09. The van der Waals surface area contributed by atoms with Crippen molar-refractivity contribution < 1.29 is 28.5 Å². The van der Waals surface area contributed by atoms with Crippen molar-refractivity contribution >= 4 is 27.5 Å². The fourth-order valence-electron chi connectivity index (χ4n) is 3.25. The Morgan fingerprint density at radius 3 is 2.63 bits per heavy atom. The molecule has 0 unspecified atom stereocenters. The van der Waals surface area contributed by atoms with Gasteiger partial charge in [0, 0.05) is 25.8 Å². The number of carbonyl (C=O) groups is 1. The highest BCUT2D eigenvalue weighted by Crippen LogP contribution is 2.34. The van der Waals surface area contributed by atoms with E-state index in [2.05, 4.69) is 4.99 Å². The van der Waals surface area contributed by atoms with Crippen molar-refractivity contribution in [3.05, 3.63) is 40.7 Å². The molecule has 8 nitrogen and oxygen atoms in total. The molecule has 0 bridgehead atoms. The van der Waals surface area contributed by atoms with E-state index in [9.17, 15) is 4.79 Å². The molecule has 0 aliphatic carbocycles. The number of methoxy groups -OCH3 is 3. The molecular formula is C21H22N2O6S. The monoisotopic (exact) mass is 430 g/mol. The van der Waals surface area contributed by atoms with Crippen LogP contribution in [0, 0.1) is 0 Å². The molecule has 0 fully saturated rings. The molecule has 0 atom stereocenters. The second-order valence-electron chi connectivity index (χ2n) is 6.57. The van der Waals surface area contributed by atoms with Gasteiger partial charge in [-0.1, -0.05) is 17.4 Å². The SMILES string of the molecule is COCCn1c(=NC(=O)Cc2ccc3c(c2)OCO3)sc2cc(OC)c(OC)cc21. The van der Waals surface area contributed by atoms with Crippen LogP contribution in [-0.2, 0) is 22.5 Å². The number of benzene rings is 2. The van der Waals surface area contributed by atoms with E-state index in [0.29, 0.717) is 41.0 Å². The average molecular weight is 430 g/mol. The summed E-state index contributed by atoms with van der Waals surface area (Å²) in [5.74, 6) is 2.34. The van der Waals surface area contributed by atoms with Crippen molar-refractivity contribution in [3.8, 4) is 23.0 Å². The summed E-state index contributed by atoms with van der Waals surface area (Å²) in [4.78, 5) is 17.7. The molecule has 0 radical (unpaired) electrons. The maximum absolute atomic E-state index is 12.7. The molecule has 30 heavy (non-hydrogen) atoms. The zero-order valence-electron chi connectivity index (χ0n) is 17.0. The Kier molecular flexibility index (Phi) is 5.91. The van der Waals surface area contributed by atoms with Gasteiger partial charge in [0.15, 0.2) is 27.8 Å². The van der Waals surface area contributed by atoms with Gasteiger partial charge in [-0.05, 0) is 17.7 Å². The number of nitrogens with zero attached hydrogens (tertiary/aromatic N) is 2. The number of hydrogen-bond acceptors (Lipinski definition) is 7. The van der Waals surface area contributed by atoms with Crippen LogP contribution < -0.4 is 23.7 Å². The highest BCUT2D eigenvalue weighted by molar-refractivity contribution is 7.16. The normalized spacial score (nSPS) is 13.1. The summed E-state index contributed by atoms with van der Waals surface area (Å²) in [5.41, 5.74) is 1.73. The Labute approximate surface area is 177 Å². The number of rotatable bonds is 7. The van der Waals surface area contributed by atoms with E-state index in [0.717, 1.165) is 15.8 Å². The van der Waals surface area contributed by atoms with Crippen molar-refractivity contribution in [1.82, 2.24) is 4.57 Å². The summed E-state index contributed by atoms with van der Waals surface area (Å²) >= 11 is 1.42. The van der Waals surface area contributed by atoms with E-state index < -0.39 is 0 Å². The van der Waals surface area contributed by atoms with Crippen LogP contribution >= 0.6 is 11.3 Å². The Bertz CT molecular complexity index is 1150. The van der Waals surface area contributed by atoms with Gasteiger partial charge in [0.2, 0.25) is 6.79 Å². The van der Waals surface area contributed by atoms with E-state index >= 15 is 0 Å². The fraction of sp³-hybridized carbons (Fsp3) is 0.333. The smallest absolute Gasteiger partial charge is 0.252 e. The fourth-order valence-corrected chi connectivity index (χ4v) is 4.34. The van der Waals surface area contributed by atoms with Crippen LogP contribution in [-0.4, -0.2) is 45.2 Å². The first kappa shape index (κ1) is 20.2. The predicted octanol–water partition coefficient (Wildman–Crippen LogP) is 2.77. The van der Waals surface area contributed by atoms with Gasteiger partial charge in [0.25, 0.3) is 5.91 Å². The van der Waals surface area contributed by atoms with Crippen LogP contribution in [0.25, 0.3) is 10.2 Å². The number of thiazole rings is 1. The van der Waals surface area contributed by atoms with Crippen LogP contribution in [0.3, 0.4) is 0 Å². The van der Waals surface area contributed by atoms with Crippen LogP contribution in [0.15, 0.2) is 35.3 Å². The quantitative estimate of drug-likeness (QED) is 0.573. The summed E-state index contributed by atoms with van der Waals surface area (Å²) in [6, 6.07) is 9.25. The van der Waals surface area contributed by atoms with Gasteiger partial charge in [-0.3, -0.25) is 4.79 Å². The van der Waals surface area contributed by atoms with E-state index in [-0.39, 0.29) is 19.1 Å². The van der Waals surface area contributed by atoms with E-state index in [4.69, 9.17) is 23.7 Å². The lowest BCUT2D eigenvalue weighted by atomic mass is 10.1. The molecule has 2 heterocycles. The minimum atomic E-state index is -0.245. The van der Waals surface area contributed by atoms with Gasteiger partial charge in [0.1, 0.15) is 0 Å². The topological polar surface area (TPSA) is 80.5 Å². The molecule has 1 amide bonds. The van der Waals surface area contributed by atoms with E-state index in [1.165, 1.54) is 11.3 Å². The minimum absolute atomic E-state index is 0.168. The number of ether oxygens (including phenoxy) is 5. The number of fused-ring (bicyclic) bond motifs is 2. The first-order valence-corrected chi connectivity index (χ1v) is 10.1. The van der Waals surface area contributed by atoms with Gasteiger partial charge in [-0.25, -0.2) is 0 Å². The molecule has 2 aromatic carbocycles. The average Bonchev–Trinajstić information content (AvgIpc) is 3.34. The Balaban J connectivity index is 1.70. The van der Waals surface area contributed by atoms with Gasteiger partial charge in [-0.2, -0.15) is 4.99 Å². The van der Waals surface area contributed by atoms with Crippen LogP contribution in [0.5, 0.6) is 23.0 Å². The van der Waals surface area contributed by atoms with Gasteiger partial charge < -0.3 is 28.3 Å². The van der Waals surface area contributed by atoms with Crippen molar-refractivity contribution in [2.45, 2.75) is 13.0 Å². The maximum Gasteiger partial charge on any atom is 0.252 e. The molecule has 158 valence electrons. The van der Waals surface area contributed by atoms with Gasteiger partial charge in [0.05, 0.1) is 37.5 Å². The van der Waals surface area contributed by atoms with Crippen molar-refractivity contribution in [2.75, 3.05) is 34.7 Å². The zero-order valence-corrected chi connectivity index (χ0v) is 17.8. The second kappa shape index (κ2) is 8.76. The molecule has 0 saturated heterocycles. The van der Waals surface area contributed by atoms with E-state index in [1.807, 2.05) is 34.9 Å². The molecule has 9 heteroatoms. The molecule has 1 aromatic heterocycles. The number of aromatic nitrogens is 1. The Morgan fingerprint density at radius 1 is 1.10 bits per heavy atom. The zero-order chi connectivity index (χ0) is 21.1. The molecule has 0 spiro atoms. The number of hydrogen-bond donors (Lipinski definition) is 0. The molecule has 4 rings (SSSR count). The lowest BCUT2D eigenvalue weighted by Crippen LogP contribution is -2.19. The standard InChI is InChI=1S/C21H22N2O6S/c1-25-7-6-23-14-10-16(26-2)17(27-3)11-19(14)30-21(23)22-20(24)9-13-4-5-15-18(8-13)29-12-28-15/h4-5,8,10-11H,6-7,9,12H2,1-3H3. The molecule has 1 aliphatic heterocycles. The third-order valence-corrected chi connectivity index (χ3v) is 5.76. The van der Waals surface area contributed by atoms with Gasteiger partial charge >= 0.3 is 0 Å². The number of amides is 1. The van der Waals surface area contributed by atoms with Gasteiger partial charge in [-0.15, -0.1) is 0 Å². The summed E-state index contributed by atoms with van der Waals surface area (Å²) in [7, 11) is 4.83. The van der Waals surface area contributed by atoms with Crippen molar-refractivity contribution in [2.24, 2.45) is 4.99 Å². The Morgan fingerprint density at radius 2 is 1.87 bits per heavy atom. The highest BCUT2D eigenvalue weighted by Gasteiger charge is 2.16. The lowest BCUT2D eigenvalue weighted by molar-refractivity contribution is -0.117. The molecule has 0 saturated carbocycles. The van der Waals surface area contributed by atoms with Crippen molar-refractivity contribution in [1.29, 1.82) is 0 Å². The molecular weight excluding hydrogens is 408 g/mol. The second-order valence-corrected chi connectivity index (χ2v) is 7.58. The molecule has 0 N–H and O–H groups in total. The van der Waals surface area contributed by atoms with Crippen molar-refractivity contribution in [3.63, 3.8) is 0 Å². The first-order valence-electron chi connectivity index (χ1n) is 9.33. The maximum atomic E-state index is 12.7. The van der Waals surface area contributed by atoms with Crippen LogP contribution in [0.1, 0.15) is 5.56 Å². The third-order valence-electron chi connectivity index (χ3n) is 4.72.